The van der Waals surface area contributed by atoms with Crippen LogP contribution in [-0.4, -0.2) is 17.1 Å². The maximum absolute atomic E-state index is 13.6. The molecule has 0 bridgehead atoms. The molecule has 0 N–H and O–H groups in total. The van der Waals surface area contributed by atoms with Gasteiger partial charge in [-0.05, 0) is 40.7 Å². The summed E-state index contributed by atoms with van der Waals surface area (Å²) in [6, 6.07) is 18.5. The van der Waals surface area contributed by atoms with Crippen molar-refractivity contribution in [3.05, 3.63) is 93.5 Å². The number of ketones is 1. The molecular formula is C28H30BrNO2. The SMILES string of the molecule is CC(C)(C)C1=CC2(C=C(C(C)(C)C)C1=O)ON=C(c1ccc(Br)cc1)C2c1ccccc1. The van der Waals surface area contributed by atoms with E-state index in [1.165, 1.54) is 0 Å². The Balaban J connectivity index is 1.96. The summed E-state index contributed by atoms with van der Waals surface area (Å²) in [6.07, 6.45) is 4.05. The molecule has 4 rings (SSSR count). The molecule has 1 heterocycles. The molecule has 2 aliphatic rings. The number of allylic oxidation sites excluding steroid dienone is 2. The van der Waals surface area contributed by atoms with Crippen LogP contribution in [-0.2, 0) is 9.63 Å². The molecule has 166 valence electrons. The lowest BCUT2D eigenvalue weighted by atomic mass is 9.65. The van der Waals surface area contributed by atoms with Gasteiger partial charge in [-0.15, -0.1) is 0 Å². The summed E-state index contributed by atoms with van der Waals surface area (Å²) in [5, 5.41) is 4.63. The molecule has 0 saturated heterocycles. The summed E-state index contributed by atoms with van der Waals surface area (Å²) in [4.78, 5) is 19.9. The molecule has 1 spiro atoms. The van der Waals surface area contributed by atoms with E-state index in [1.807, 2.05) is 42.5 Å². The first-order valence-corrected chi connectivity index (χ1v) is 11.8. The highest BCUT2D eigenvalue weighted by Gasteiger charge is 2.52. The van der Waals surface area contributed by atoms with Crippen molar-refractivity contribution in [2.45, 2.75) is 53.1 Å². The van der Waals surface area contributed by atoms with E-state index in [0.29, 0.717) is 0 Å². The number of oxime groups is 1. The number of carbonyl (C=O) groups is 1. The maximum atomic E-state index is 13.6. The predicted octanol–water partition coefficient (Wildman–Crippen LogP) is 7.23. The van der Waals surface area contributed by atoms with E-state index in [2.05, 4.69) is 86.9 Å². The van der Waals surface area contributed by atoms with Gasteiger partial charge in [0.1, 0.15) is 0 Å². The monoisotopic (exact) mass is 491 g/mol. The molecule has 0 saturated carbocycles. The van der Waals surface area contributed by atoms with Crippen molar-refractivity contribution in [3.63, 3.8) is 0 Å². The van der Waals surface area contributed by atoms with Crippen LogP contribution in [0.15, 0.2) is 87.5 Å². The average Bonchev–Trinajstić information content (AvgIpc) is 3.08. The van der Waals surface area contributed by atoms with Crippen molar-refractivity contribution < 1.29 is 9.63 Å². The van der Waals surface area contributed by atoms with Gasteiger partial charge < -0.3 is 4.84 Å². The zero-order valence-electron chi connectivity index (χ0n) is 19.6. The normalized spacial score (nSPS) is 20.5. The summed E-state index contributed by atoms with van der Waals surface area (Å²) in [6.45, 7) is 12.5. The third kappa shape index (κ3) is 4.01. The van der Waals surface area contributed by atoms with Crippen LogP contribution < -0.4 is 0 Å². The first kappa shape index (κ1) is 22.7. The van der Waals surface area contributed by atoms with Gasteiger partial charge in [0.15, 0.2) is 11.4 Å². The van der Waals surface area contributed by atoms with Crippen molar-refractivity contribution in [2.24, 2.45) is 16.0 Å². The predicted molar refractivity (Wildman–Crippen MR) is 134 cm³/mol. The second-order valence-electron chi connectivity index (χ2n) is 10.7. The number of hydrogen-bond acceptors (Lipinski definition) is 3. The van der Waals surface area contributed by atoms with Gasteiger partial charge in [0.25, 0.3) is 0 Å². The first-order chi connectivity index (χ1) is 14.9. The van der Waals surface area contributed by atoms with E-state index in [9.17, 15) is 4.79 Å². The smallest absolute Gasteiger partial charge is 0.187 e. The summed E-state index contributed by atoms with van der Waals surface area (Å²) < 4.78 is 1.01. The Morgan fingerprint density at radius 1 is 0.844 bits per heavy atom. The Morgan fingerprint density at radius 3 is 1.88 bits per heavy atom. The Kier molecular flexibility index (Phi) is 5.57. The average molecular weight is 492 g/mol. The maximum Gasteiger partial charge on any atom is 0.187 e. The number of benzene rings is 2. The minimum Gasteiger partial charge on any atom is -0.379 e. The van der Waals surface area contributed by atoms with Crippen LogP contribution in [0.2, 0.25) is 0 Å². The topological polar surface area (TPSA) is 38.7 Å². The zero-order chi connectivity index (χ0) is 23.3. The highest BCUT2D eigenvalue weighted by molar-refractivity contribution is 9.10. The van der Waals surface area contributed by atoms with Gasteiger partial charge in [-0.3, -0.25) is 4.79 Å². The Hall–Kier alpha value is -2.46. The van der Waals surface area contributed by atoms with Gasteiger partial charge in [0, 0.05) is 21.2 Å². The molecule has 1 aliphatic carbocycles. The Bertz CT molecular complexity index is 1090. The van der Waals surface area contributed by atoms with Gasteiger partial charge in [-0.2, -0.15) is 0 Å². The summed E-state index contributed by atoms with van der Waals surface area (Å²) >= 11 is 3.52. The van der Waals surface area contributed by atoms with Crippen molar-refractivity contribution >= 4 is 27.4 Å². The van der Waals surface area contributed by atoms with Crippen molar-refractivity contribution in [2.75, 3.05) is 0 Å². The second-order valence-corrected chi connectivity index (χ2v) is 11.6. The molecule has 3 nitrogen and oxygen atoms in total. The number of hydrogen-bond donors (Lipinski definition) is 0. The lowest BCUT2D eigenvalue weighted by Crippen LogP contribution is -2.41. The fourth-order valence-corrected chi connectivity index (χ4v) is 4.72. The van der Waals surface area contributed by atoms with Gasteiger partial charge in [0.2, 0.25) is 0 Å². The third-order valence-corrected chi connectivity index (χ3v) is 6.67. The molecule has 0 amide bonds. The summed E-state index contributed by atoms with van der Waals surface area (Å²) in [5.41, 5.74) is 3.04. The number of halogens is 1. The number of carbonyl (C=O) groups excluding carboxylic acids is 1. The van der Waals surface area contributed by atoms with E-state index in [4.69, 9.17) is 4.84 Å². The zero-order valence-corrected chi connectivity index (χ0v) is 21.2. The lowest BCUT2D eigenvalue weighted by Gasteiger charge is -2.38. The van der Waals surface area contributed by atoms with Crippen molar-refractivity contribution in [3.8, 4) is 0 Å². The van der Waals surface area contributed by atoms with Crippen LogP contribution in [0.25, 0.3) is 0 Å². The van der Waals surface area contributed by atoms with E-state index < -0.39 is 5.60 Å². The molecule has 2 aromatic carbocycles. The van der Waals surface area contributed by atoms with Gasteiger partial charge >= 0.3 is 0 Å². The van der Waals surface area contributed by atoms with E-state index in [0.717, 1.165) is 32.5 Å². The number of Topliss-reactive ketones (excluding diaryl/α,β-unsaturated/α-hetero) is 1. The quantitative estimate of drug-likeness (QED) is 0.444. The highest BCUT2D eigenvalue weighted by atomic mass is 79.9. The van der Waals surface area contributed by atoms with E-state index in [1.54, 1.807) is 0 Å². The summed E-state index contributed by atoms with van der Waals surface area (Å²) in [5.74, 6) is -0.0733. The molecule has 4 heteroatoms. The Labute approximate surface area is 199 Å². The van der Waals surface area contributed by atoms with Crippen molar-refractivity contribution in [1.29, 1.82) is 0 Å². The van der Waals surface area contributed by atoms with Crippen LogP contribution in [0.5, 0.6) is 0 Å². The second kappa shape index (κ2) is 7.84. The molecule has 1 atom stereocenters. The molecule has 1 unspecified atom stereocenters. The van der Waals surface area contributed by atoms with E-state index >= 15 is 0 Å². The minimum atomic E-state index is -0.858. The molecule has 0 radical (unpaired) electrons. The minimum absolute atomic E-state index is 0.100. The molecular weight excluding hydrogens is 462 g/mol. The van der Waals surface area contributed by atoms with Gasteiger partial charge in [0.05, 0.1) is 11.6 Å². The first-order valence-electron chi connectivity index (χ1n) is 11.0. The summed E-state index contributed by atoms with van der Waals surface area (Å²) in [7, 11) is 0. The van der Waals surface area contributed by atoms with Crippen LogP contribution in [0, 0.1) is 10.8 Å². The molecule has 0 fully saturated rings. The Morgan fingerprint density at radius 2 is 1.38 bits per heavy atom. The number of nitrogens with zero attached hydrogens (tertiary/aromatic N) is 1. The van der Waals surface area contributed by atoms with Gasteiger partial charge in [-0.1, -0.05) is 105 Å². The van der Waals surface area contributed by atoms with Crippen LogP contribution in [0.3, 0.4) is 0 Å². The van der Waals surface area contributed by atoms with Gasteiger partial charge in [-0.25, -0.2) is 0 Å². The van der Waals surface area contributed by atoms with Crippen molar-refractivity contribution in [1.82, 2.24) is 0 Å². The lowest BCUT2D eigenvalue weighted by molar-refractivity contribution is -0.114. The number of rotatable bonds is 2. The third-order valence-electron chi connectivity index (χ3n) is 6.14. The molecule has 1 aliphatic heterocycles. The van der Waals surface area contributed by atoms with Crippen LogP contribution >= 0.6 is 15.9 Å². The molecule has 0 aromatic heterocycles. The van der Waals surface area contributed by atoms with Crippen LogP contribution in [0.1, 0.15) is 58.6 Å². The fourth-order valence-electron chi connectivity index (χ4n) is 4.45. The van der Waals surface area contributed by atoms with E-state index in [-0.39, 0.29) is 22.5 Å². The fraction of sp³-hybridized carbons (Fsp3) is 0.357. The standard InChI is InChI=1S/C28H30BrNO2/c1-26(2,3)21-16-28(17-22(25(21)31)27(4,5)6)23(18-10-8-7-9-11-18)24(30-32-28)19-12-14-20(29)15-13-19/h7-17,23H,1-6H3. The molecule has 32 heavy (non-hydrogen) atoms. The highest BCUT2D eigenvalue weighted by Crippen LogP contribution is 2.49. The largest absolute Gasteiger partial charge is 0.379 e. The van der Waals surface area contributed by atoms with Crippen LogP contribution in [0.4, 0.5) is 0 Å². The molecule has 2 aromatic rings.